The van der Waals surface area contributed by atoms with Crippen LogP contribution in [-0.2, 0) is 11.2 Å². The average molecular weight is 268 g/mol. The zero-order valence-corrected chi connectivity index (χ0v) is 11.3. The zero-order chi connectivity index (χ0) is 14.3. The molecule has 1 amide bonds. The number of rotatable bonds is 8. The van der Waals surface area contributed by atoms with Crippen LogP contribution in [0.25, 0.3) is 0 Å². The molecule has 6 nitrogen and oxygen atoms in total. The number of amides is 1. The molecule has 106 valence electrons. The summed E-state index contributed by atoms with van der Waals surface area (Å²) in [7, 11) is 4.00. The van der Waals surface area contributed by atoms with Gasteiger partial charge in [0.1, 0.15) is 12.2 Å². The van der Waals surface area contributed by atoms with E-state index in [2.05, 4.69) is 10.2 Å². The van der Waals surface area contributed by atoms with Crippen molar-refractivity contribution in [1.29, 1.82) is 0 Å². The second kappa shape index (κ2) is 7.58. The van der Waals surface area contributed by atoms with Gasteiger partial charge in [-0.25, -0.2) is 0 Å². The van der Waals surface area contributed by atoms with Gasteiger partial charge in [0.2, 0.25) is 0 Å². The summed E-state index contributed by atoms with van der Waals surface area (Å²) in [6, 6.07) is 1.49. The van der Waals surface area contributed by atoms with Crippen LogP contribution in [0.15, 0.2) is 16.7 Å². The van der Waals surface area contributed by atoms with Crippen LogP contribution in [0.2, 0.25) is 0 Å². The molecule has 6 heteroatoms. The van der Waals surface area contributed by atoms with Gasteiger partial charge in [-0.3, -0.25) is 9.59 Å². The van der Waals surface area contributed by atoms with Crippen LogP contribution >= 0.6 is 0 Å². The second-order valence-corrected chi connectivity index (χ2v) is 4.59. The van der Waals surface area contributed by atoms with Crippen molar-refractivity contribution in [3.05, 3.63) is 23.7 Å². The van der Waals surface area contributed by atoms with Crippen molar-refractivity contribution in [2.24, 2.45) is 0 Å². The molecule has 0 aliphatic rings. The Morgan fingerprint density at radius 1 is 1.37 bits per heavy atom. The van der Waals surface area contributed by atoms with Crippen LogP contribution < -0.4 is 5.32 Å². The van der Waals surface area contributed by atoms with Gasteiger partial charge >= 0.3 is 5.97 Å². The first-order valence-corrected chi connectivity index (χ1v) is 6.22. The van der Waals surface area contributed by atoms with E-state index in [0.717, 1.165) is 19.4 Å². The molecule has 0 atom stereocenters. The molecule has 2 N–H and O–H groups in total. The molecule has 0 aliphatic carbocycles. The standard InChI is InChI=1S/C13H20N2O4/c1-15(2)7-4-3-6-14-13(18)10-5-8-19-11(10)9-12(16)17/h5,8H,3-4,6-7,9H2,1-2H3,(H,14,18)(H,16,17). The van der Waals surface area contributed by atoms with Crippen molar-refractivity contribution < 1.29 is 19.1 Å². The molecule has 0 fully saturated rings. The lowest BCUT2D eigenvalue weighted by Gasteiger charge is -2.09. The maximum Gasteiger partial charge on any atom is 0.311 e. The lowest BCUT2D eigenvalue weighted by Crippen LogP contribution is -2.26. The number of hydrogen-bond acceptors (Lipinski definition) is 4. The summed E-state index contributed by atoms with van der Waals surface area (Å²) in [4.78, 5) is 24.5. The van der Waals surface area contributed by atoms with Crippen molar-refractivity contribution in [3.8, 4) is 0 Å². The highest BCUT2D eigenvalue weighted by Crippen LogP contribution is 2.11. The molecule has 0 aliphatic heterocycles. The van der Waals surface area contributed by atoms with E-state index in [0.29, 0.717) is 12.1 Å². The number of nitrogens with zero attached hydrogens (tertiary/aromatic N) is 1. The van der Waals surface area contributed by atoms with Gasteiger partial charge in [0, 0.05) is 6.54 Å². The molecule has 0 saturated heterocycles. The van der Waals surface area contributed by atoms with E-state index in [9.17, 15) is 9.59 Å². The Balaban J connectivity index is 2.37. The fourth-order valence-electron chi connectivity index (χ4n) is 1.67. The van der Waals surface area contributed by atoms with E-state index in [1.165, 1.54) is 12.3 Å². The van der Waals surface area contributed by atoms with Gasteiger partial charge in [-0.1, -0.05) is 0 Å². The number of carbonyl (C=O) groups excluding carboxylic acids is 1. The van der Waals surface area contributed by atoms with Crippen molar-refractivity contribution in [1.82, 2.24) is 10.2 Å². The summed E-state index contributed by atoms with van der Waals surface area (Å²) < 4.78 is 5.01. The maximum absolute atomic E-state index is 11.8. The first-order valence-electron chi connectivity index (χ1n) is 6.22. The van der Waals surface area contributed by atoms with Crippen molar-refractivity contribution in [2.75, 3.05) is 27.2 Å². The summed E-state index contributed by atoms with van der Waals surface area (Å²) in [5, 5.41) is 11.5. The fourth-order valence-corrected chi connectivity index (χ4v) is 1.67. The zero-order valence-electron chi connectivity index (χ0n) is 11.3. The van der Waals surface area contributed by atoms with Gasteiger partial charge in [0.25, 0.3) is 5.91 Å². The molecule has 1 rings (SSSR count). The van der Waals surface area contributed by atoms with Crippen molar-refractivity contribution in [2.45, 2.75) is 19.3 Å². The number of carbonyl (C=O) groups is 2. The third-order valence-electron chi connectivity index (χ3n) is 2.62. The highest BCUT2D eigenvalue weighted by atomic mass is 16.4. The van der Waals surface area contributed by atoms with E-state index in [1.807, 2.05) is 14.1 Å². The first-order chi connectivity index (χ1) is 9.00. The van der Waals surface area contributed by atoms with Gasteiger partial charge in [-0.15, -0.1) is 0 Å². The Morgan fingerprint density at radius 3 is 2.74 bits per heavy atom. The maximum atomic E-state index is 11.8. The molecule has 0 aromatic carbocycles. The van der Waals surface area contributed by atoms with Crippen LogP contribution in [0.3, 0.4) is 0 Å². The minimum absolute atomic E-state index is 0.193. The molecule has 1 aromatic rings. The Kier molecular flexibility index (Phi) is 6.08. The molecule has 0 saturated carbocycles. The van der Waals surface area contributed by atoms with E-state index in [4.69, 9.17) is 9.52 Å². The molecule has 0 spiro atoms. The van der Waals surface area contributed by atoms with Crippen molar-refractivity contribution >= 4 is 11.9 Å². The SMILES string of the molecule is CN(C)CCCCNC(=O)c1ccoc1CC(=O)O. The third-order valence-corrected chi connectivity index (χ3v) is 2.62. The number of hydrogen-bond donors (Lipinski definition) is 2. The number of nitrogens with one attached hydrogen (secondary N) is 1. The largest absolute Gasteiger partial charge is 0.481 e. The first kappa shape index (κ1) is 15.2. The Labute approximate surface area is 112 Å². The number of carboxylic acid groups (broad SMARTS) is 1. The quantitative estimate of drug-likeness (QED) is 0.687. The monoisotopic (exact) mass is 268 g/mol. The molecule has 0 bridgehead atoms. The second-order valence-electron chi connectivity index (χ2n) is 4.59. The van der Waals surface area contributed by atoms with E-state index >= 15 is 0 Å². The van der Waals surface area contributed by atoms with Crippen LogP contribution in [0, 0.1) is 0 Å². The topological polar surface area (TPSA) is 82.8 Å². The molecule has 19 heavy (non-hydrogen) atoms. The van der Waals surface area contributed by atoms with Crippen LogP contribution in [-0.4, -0.2) is 49.1 Å². The summed E-state index contributed by atoms with van der Waals surface area (Å²) in [6.07, 6.45) is 2.94. The van der Waals surface area contributed by atoms with Gasteiger partial charge in [-0.05, 0) is 39.5 Å². The van der Waals surface area contributed by atoms with Crippen LogP contribution in [0.4, 0.5) is 0 Å². The number of furan rings is 1. The molecular formula is C13H20N2O4. The number of aliphatic carboxylic acids is 1. The number of unbranched alkanes of at least 4 members (excludes halogenated alkanes) is 1. The molecule has 0 unspecified atom stereocenters. The van der Waals surface area contributed by atoms with Crippen LogP contribution in [0.1, 0.15) is 29.0 Å². The third kappa shape index (κ3) is 5.56. The van der Waals surface area contributed by atoms with Gasteiger partial charge in [0.05, 0.1) is 11.8 Å². The Hall–Kier alpha value is -1.82. The van der Waals surface area contributed by atoms with E-state index in [-0.39, 0.29) is 18.1 Å². The van der Waals surface area contributed by atoms with Crippen molar-refractivity contribution in [3.63, 3.8) is 0 Å². The normalized spacial score (nSPS) is 10.7. The summed E-state index contributed by atoms with van der Waals surface area (Å²) in [5.41, 5.74) is 0.301. The lowest BCUT2D eigenvalue weighted by atomic mass is 10.2. The predicted molar refractivity (Wildman–Crippen MR) is 70.2 cm³/mol. The smallest absolute Gasteiger partial charge is 0.311 e. The highest BCUT2D eigenvalue weighted by Gasteiger charge is 2.16. The Morgan fingerprint density at radius 2 is 2.11 bits per heavy atom. The summed E-state index contributed by atoms with van der Waals surface area (Å²) >= 11 is 0. The molecule has 0 radical (unpaired) electrons. The minimum Gasteiger partial charge on any atom is -0.481 e. The average Bonchev–Trinajstić information content (AvgIpc) is 2.75. The van der Waals surface area contributed by atoms with Gasteiger partial charge in [-0.2, -0.15) is 0 Å². The predicted octanol–water partition coefficient (Wildman–Crippen LogP) is 0.978. The lowest BCUT2D eigenvalue weighted by molar-refractivity contribution is -0.136. The summed E-state index contributed by atoms with van der Waals surface area (Å²) in [5.74, 6) is -1.11. The molecule has 1 aromatic heterocycles. The van der Waals surface area contributed by atoms with Gasteiger partial charge < -0.3 is 19.7 Å². The van der Waals surface area contributed by atoms with Gasteiger partial charge in [0.15, 0.2) is 0 Å². The number of carboxylic acids is 1. The molecule has 1 heterocycles. The highest BCUT2D eigenvalue weighted by molar-refractivity contribution is 5.95. The summed E-state index contributed by atoms with van der Waals surface area (Å²) in [6.45, 7) is 1.55. The molecular weight excluding hydrogens is 248 g/mol. The minimum atomic E-state index is -1.02. The fraction of sp³-hybridized carbons (Fsp3) is 0.538. The van der Waals surface area contributed by atoms with E-state index < -0.39 is 5.97 Å². The van der Waals surface area contributed by atoms with E-state index in [1.54, 1.807) is 0 Å². The Bertz CT molecular complexity index is 426. The van der Waals surface area contributed by atoms with Crippen LogP contribution in [0.5, 0.6) is 0 Å².